The fraction of sp³-hybridized carbons (Fsp3) is 0.500. The Morgan fingerprint density at radius 3 is 2.52 bits per heavy atom. The largest absolute Gasteiger partial charge is 0.368 e. The first-order chi connectivity index (χ1) is 10.1. The maximum absolute atomic E-state index is 12.0. The van der Waals surface area contributed by atoms with Gasteiger partial charge in [0.05, 0.1) is 13.0 Å². The Bertz CT molecular complexity index is 495. The van der Waals surface area contributed by atoms with Gasteiger partial charge in [-0.25, -0.2) is 0 Å². The van der Waals surface area contributed by atoms with Crippen LogP contribution in [0.5, 0.6) is 0 Å². The second-order valence-corrected chi connectivity index (χ2v) is 5.46. The molecule has 21 heavy (non-hydrogen) atoms. The van der Waals surface area contributed by atoms with Gasteiger partial charge in [0.15, 0.2) is 0 Å². The van der Waals surface area contributed by atoms with Gasteiger partial charge in [-0.1, -0.05) is 12.1 Å². The Labute approximate surface area is 125 Å². The lowest BCUT2D eigenvalue weighted by Crippen LogP contribution is -2.28. The number of carbonyl (C=O) groups is 2. The van der Waals surface area contributed by atoms with Crippen molar-refractivity contribution in [3.05, 3.63) is 29.8 Å². The molecule has 1 saturated carbocycles. The summed E-state index contributed by atoms with van der Waals surface area (Å²) in [5.74, 6) is 0.466. The summed E-state index contributed by atoms with van der Waals surface area (Å²) in [6.07, 6.45) is 2.31. The molecule has 0 saturated heterocycles. The number of amides is 2. The molecule has 1 aliphatic rings. The van der Waals surface area contributed by atoms with Crippen LogP contribution in [0.1, 0.15) is 25.3 Å². The molecule has 114 valence electrons. The van der Waals surface area contributed by atoms with Gasteiger partial charge in [-0.15, -0.1) is 0 Å². The van der Waals surface area contributed by atoms with Crippen LogP contribution in [0, 0.1) is 5.92 Å². The van der Waals surface area contributed by atoms with Crippen molar-refractivity contribution in [2.75, 3.05) is 19.0 Å². The standard InChI is InChI=1S/C16H22N2O3/c1-11(21-10-13-3-4-13)16(20)18-14-7-5-12(6-8-14)9-15(19)17-2/h5-8,11,13H,3-4,9-10H2,1-2H3,(H,17,19)(H,18,20). The minimum Gasteiger partial charge on any atom is -0.368 e. The third kappa shape index (κ3) is 5.19. The van der Waals surface area contributed by atoms with Crippen molar-refractivity contribution in [3.8, 4) is 0 Å². The normalized spacial score (nSPS) is 15.3. The minimum atomic E-state index is -0.448. The molecule has 1 aliphatic carbocycles. The van der Waals surface area contributed by atoms with Gasteiger partial charge in [-0.2, -0.15) is 0 Å². The lowest BCUT2D eigenvalue weighted by atomic mass is 10.1. The molecule has 5 heteroatoms. The van der Waals surface area contributed by atoms with Crippen molar-refractivity contribution >= 4 is 17.5 Å². The average Bonchev–Trinajstić information content (AvgIpc) is 3.30. The van der Waals surface area contributed by atoms with E-state index < -0.39 is 6.10 Å². The summed E-state index contributed by atoms with van der Waals surface area (Å²) >= 11 is 0. The van der Waals surface area contributed by atoms with E-state index in [9.17, 15) is 9.59 Å². The van der Waals surface area contributed by atoms with Crippen molar-refractivity contribution in [2.24, 2.45) is 5.92 Å². The number of likely N-dealkylation sites (N-methyl/N-ethyl adjacent to an activating group) is 1. The first-order valence-corrected chi connectivity index (χ1v) is 7.30. The Morgan fingerprint density at radius 1 is 1.29 bits per heavy atom. The van der Waals surface area contributed by atoms with Gasteiger partial charge in [0.1, 0.15) is 6.10 Å². The van der Waals surface area contributed by atoms with E-state index in [1.807, 2.05) is 12.1 Å². The zero-order valence-electron chi connectivity index (χ0n) is 12.5. The van der Waals surface area contributed by atoms with E-state index in [2.05, 4.69) is 10.6 Å². The topological polar surface area (TPSA) is 67.4 Å². The maximum Gasteiger partial charge on any atom is 0.253 e. The fourth-order valence-electron chi connectivity index (χ4n) is 1.86. The molecule has 0 aliphatic heterocycles. The van der Waals surface area contributed by atoms with Gasteiger partial charge >= 0.3 is 0 Å². The molecule has 1 aromatic carbocycles. The van der Waals surface area contributed by atoms with Crippen LogP contribution in [0.4, 0.5) is 5.69 Å². The summed E-state index contributed by atoms with van der Waals surface area (Å²) in [4.78, 5) is 23.2. The highest BCUT2D eigenvalue weighted by atomic mass is 16.5. The first kappa shape index (κ1) is 15.5. The fourth-order valence-corrected chi connectivity index (χ4v) is 1.86. The summed E-state index contributed by atoms with van der Waals surface area (Å²) < 4.78 is 5.53. The van der Waals surface area contributed by atoms with Crippen molar-refractivity contribution in [1.82, 2.24) is 5.32 Å². The number of ether oxygens (including phenoxy) is 1. The summed E-state index contributed by atoms with van der Waals surface area (Å²) in [5, 5.41) is 5.39. The zero-order chi connectivity index (χ0) is 15.2. The summed E-state index contributed by atoms with van der Waals surface area (Å²) in [6, 6.07) is 7.26. The van der Waals surface area contributed by atoms with Gasteiger partial charge in [-0.05, 0) is 43.4 Å². The SMILES string of the molecule is CNC(=O)Cc1ccc(NC(=O)C(C)OCC2CC2)cc1. The smallest absolute Gasteiger partial charge is 0.253 e. The van der Waals surface area contributed by atoms with Gasteiger partial charge in [-0.3, -0.25) is 9.59 Å². The van der Waals surface area contributed by atoms with E-state index in [1.54, 1.807) is 26.1 Å². The highest BCUT2D eigenvalue weighted by Gasteiger charge is 2.24. The number of benzene rings is 1. The van der Waals surface area contributed by atoms with E-state index in [4.69, 9.17) is 4.74 Å². The van der Waals surface area contributed by atoms with Crippen molar-refractivity contribution < 1.29 is 14.3 Å². The van der Waals surface area contributed by atoms with E-state index in [0.717, 1.165) is 5.56 Å². The van der Waals surface area contributed by atoms with Crippen LogP contribution in [0.15, 0.2) is 24.3 Å². The Kier molecular flexibility index (Phi) is 5.33. The highest BCUT2D eigenvalue weighted by Crippen LogP contribution is 2.29. The van der Waals surface area contributed by atoms with Crippen molar-refractivity contribution in [1.29, 1.82) is 0 Å². The Morgan fingerprint density at radius 2 is 1.95 bits per heavy atom. The van der Waals surface area contributed by atoms with Gasteiger partial charge in [0.2, 0.25) is 5.91 Å². The molecule has 0 heterocycles. The van der Waals surface area contributed by atoms with Crippen molar-refractivity contribution in [2.45, 2.75) is 32.3 Å². The van der Waals surface area contributed by atoms with Crippen molar-refractivity contribution in [3.63, 3.8) is 0 Å². The Hall–Kier alpha value is -1.88. The monoisotopic (exact) mass is 290 g/mol. The summed E-state index contributed by atoms with van der Waals surface area (Å²) in [7, 11) is 1.61. The molecule has 2 amide bonds. The number of anilines is 1. The molecular formula is C16H22N2O3. The van der Waals surface area contributed by atoms with Crippen LogP contribution >= 0.6 is 0 Å². The molecule has 1 aromatic rings. The molecule has 1 fully saturated rings. The molecule has 1 unspecified atom stereocenters. The van der Waals surface area contributed by atoms with E-state index in [0.29, 0.717) is 24.6 Å². The first-order valence-electron chi connectivity index (χ1n) is 7.30. The zero-order valence-corrected chi connectivity index (χ0v) is 12.5. The molecule has 0 radical (unpaired) electrons. The van der Waals surface area contributed by atoms with E-state index in [1.165, 1.54) is 12.8 Å². The van der Waals surface area contributed by atoms with Crippen LogP contribution in [0.3, 0.4) is 0 Å². The second kappa shape index (κ2) is 7.22. The molecule has 0 spiro atoms. The average molecular weight is 290 g/mol. The summed E-state index contributed by atoms with van der Waals surface area (Å²) in [5.41, 5.74) is 1.62. The molecule has 0 bridgehead atoms. The maximum atomic E-state index is 12.0. The molecule has 2 rings (SSSR count). The van der Waals surface area contributed by atoms with E-state index >= 15 is 0 Å². The predicted molar refractivity (Wildman–Crippen MR) is 81.0 cm³/mol. The number of hydrogen-bond donors (Lipinski definition) is 2. The van der Waals surface area contributed by atoms with Crippen LogP contribution in [-0.2, 0) is 20.7 Å². The van der Waals surface area contributed by atoms with Crippen LogP contribution in [-0.4, -0.2) is 31.6 Å². The third-order valence-corrected chi connectivity index (χ3v) is 3.51. The minimum absolute atomic E-state index is 0.0334. The number of carbonyl (C=O) groups excluding carboxylic acids is 2. The number of hydrogen-bond acceptors (Lipinski definition) is 3. The predicted octanol–water partition coefficient (Wildman–Crippen LogP) is 1.73. The molecule has 2 N–H and O–H groups in total. The summed E-state index contributed by atoms with van der Waals surface area (Å²) in [6.45, 7) is 2.43. The molecular weight excluding hydrogens is 268 g/mol. The molecule has 5 nitrogen and oxygen atoms in total. The van der Waals surface area contributed by atoms with Gasteiger partial charge in [0.25, 0.3) is 5.91 Å². The quantitative estimate of drug-likeness (QED) is 0.803. The lowest BCUT2D eigenvalue weighted by molar-refractivity contribution is -0.126. The van der Waals surface area contributed by atoms with E-state index in [-0.39, 0.29) is 11.8 Å². The number of nitrogens with one attached hydrogen (secondary N) is 2. The second-order valence-electron chi connectivity index (χ2n) is 5.46. The Balaban J connectivity index is 1.80. The molecule has 0 aromatic heterocycles. The van der Waals surface area contributed by atoms with Crippen LogP contribution < -0.4 is 10.6 Å². The lowest BCUT2D eigenvalue weighted by Gasteiger charge is -2.13. The van der Waals surface area contributed by atoms with Crippen LogP contribution in [0.2, 0.25) is 0 Å². The van der Waals surface area contributed by atoms with Crippen LogP contribution in [0.25, 0.3) is 0 Å². The third-order valence-electron chi connectivity index (χ3n) is 3.51. The van der Waals surface area contributed by atoms with Gasteiger partial charge in [0, 0.05) is 12.7 Å². The molecule has 1 atom stereocenters. The highest BCUT2D eigenvalue weighted by molar-refractivity contribution is 5.93. The number of rotatable bonds is 7. The van der Waals surface area contributed by atoms with Gasteiger partial charge < -0.3 is 15.4 Å².